The minimum atomic E-state index is -3.90. The van der Waals surface area contributed by atoms with Crippen LogP contribution in [0.4, 0.5) is 5.82 Å². The Kier molecular flexibility index (Phi) is 3.26. The highest BCUT2D eigenvalue weighted by Crippen LogP contribution is 2.20. The van der Waals surface area contributed by atoms with Crippen molar-refractivity contribution in [2.75, 3.05) is 16.2 Å². The normalized spacial score (nSPS) is 22.2. The third-order valence-electron chi connectivity index (χ3n) is 2.68. The third-order valence-corrected chi connectivity index (χ3v) is 6.44. The summed E-state index contributed by atoms with van der Waals surface area (Å²) in [5.74, 6) is -2.05. The van der Waals surface area contributed by atoms with Crippen LogP contribution in [-0.4, -0.2) is 54.9 Å². The minimum absolute atomic E-state index is 0.0217. The lowest BCUT2D eigenvalue weighted by molar-refractivity contribution is 0.0690. The summed E-state index contributed by atoms with van der Waals surface area (Å²) in [6.07, 6.45) is 0.0217. The van der Waals surface area contributed by atoms with Gasteiger partial charge >= 0.3 is 5.97 Å². The molecule has 0 bridgehead atoms. The van der Waals surface area contributed by atoms with E-state index in [9.17, 15) is 21.6 Å². The molecule has 1 aliphatic rings. The molecule has 106 valence electrons. The second-order valence-electron chi connectivity index (χ2n) is 4.14. The van der Waals surface area contributed by atoms with Crippen molar-refractivity contribution in [2.45, 2.75) is 11.7 Å². The fourth-order valence-corrected chi connectivity index (χ4v) is 5.74. The SMILES string of the molecule is O=C(O)c1cc(NS(=O)(=O)C2CCS(=O)(=O)C2)n[nH]1. The Bertz CT molecular complexity index is 705. The van der Waals surface area contributed by atoms with E-state index in [0.717, 1.165) is 6.07 Å². The standard InChI is InChI=1S/C8H11N3O6S2/c12-8(13)6-3-7(10-9-6)11-19(16,17)5-1-2-18(14,15)4-5/h3,5H,1-2,4H2,(H,12,13)(H2,9,10,11). The molecule has 1 aliphatic heterocycles. The number of rotatable bonds is 4. The van der Waals surface area contributed by atoms with Crippen LogP contribution in [0.25, 0.3) is 0 Å². The zero-order valence-corrected chi connectivity index (χ0v) is 11.2. The summed E-state index contributed by atoms with van der Waals surface area (Å²) < 4.78 is 48.3. The van der Waals surface area contributed by atoms with Crippen molar-refractivity contribution in [3.05, 3.63) is 11.8 Å². The maximum atomic E-state index is 11.9. The number of sulfone groups is 1. The summed E-state index contributed by atoms with van der Waals surface area (Å²) in [5.41, 5.74) is -0.267. The molecule has 1 aromatic heterocycles. The van der Waals surface area contributed by atoms with Gasteiger partial charge in [-0.05, 0) is 6.42 Å². The number of H-pyrrole nitrogens is 1. The molecular weight excluding hydrogens is 298 g/mol. The lowest BCUT2D eigenvalue weighted by atomic mass is 10.4. The molecule has 0 spiro atoms. The first-order valence-corrected chi connectivity index (χ1v) is 8.57. The number of anilines is 1. The van der Waals surface area contributed by atoms with Crippen molar-refractivity contribution in [1.82, 2.24) is 10.2 Å². The highest BCUT2D eigenvalue weighted by Gasteiger charge is 2.37. The molecule has 1 unspecified atom stereocenters. The highest BCUT2D eigenvalue weighted by atomic mass is 32.2. The number of hydrogen-bond acceptors (Lipinski definition) is 6. The maximum absolute atomic E-state index is 11.9. The summed E-state index contributed by atoms with van der Waals surface area (Å²) in [5, 5.41) is 13.2. The van der Waals surface area contributed by atoms with Gasteiger partial charge < -0.3 is 5.11 Å². The molecule has 0 radical (unpaired) electrons. The van der Waals surface area contributed by atoms with E-state index >= 15 is 0 Å². The Morgan fingerprint density at radius 1 is 1.53 bits per heavy atom. The molecule has 9 nitrogen and oxygen atoms in total. The number of nitrogens with one attached hydrogen (secondary N) is 2. The van der Waals surface area contributed by atoms with Crippen LogP contribution in [0.2, 0.25) is 0 Å². The van der Waals surface area contributed by atoms with E-state index in [1.165, 1.54) is 0 Å². The number of aromatic carboxylic acids is 1. The van der Waals surface area contributed by atoms with Crippen LogP contribution in [0.3, 0.4) is 0 Å². The molecular formula is C8H11N3O6S2. The third kappa shape index (κ3) is 3.04. The van der Waals surface area contributed by atoms with E-state index in [0.29, 0.717) is 0 Å². The number of carboxylic acids is 1. The van der Waals surface area contributed by atoms with E-state index in [4.69, 9.17) is 5.11 Å². The molecule has 2 rings (SSSR count). The van der Waals surface area contributed by atoms with Crippen LogP contribution >= 0.6 is 0 Å². The van der Waals surface area contributed by atoms with E-state index in [2.05, 4.69) is 14.9 Å². The first-order chi connectivity index (χ1) is 8.70. The number of sulfonamides is 1. The van der Waals surface area contributed by atoms with Gasteiger partial charge in [-0.1, -0.05) is 0 Å². The van der Waals surface area contributed by atoms with Crippen molar-refractivity contribution in [1.29, 1.82) is 0 Å². The fourth-order valence-electron chi connectivity index (χ4n) is 1.72. The predicted molar refractivity (Wildman–Crippen MR) is 65.1 cm³/mol. The van der Waals surface area contributed by atoms with Gasteiger partial charge in [0.15, 0.2) is 15.7 Å². The van der Waals surface area contributed by atoms with Crippen LogP contribution in [-0.2, 0) is 19.9 Å². The largest absolute Gasteiger partial charge is 0.477 e. The topological polar surface area (TPSA) is 146 Å². The van der Waals surface area contributed by atoms with Crippen molar-refractivity contribution in [2.24, 2.45) is 0 Å². The van der Waals surface area contributed by atoms with E-state index in [1.54, 1.807) is 0 Å². The molecule has 1 atom stereocenters. The number of aromatic amines is 1. The molecule has 0 saturated carbocycles. The monoisotopic (exact) mass is 309 g/mol. The summed E-state index contributed by atoms with van der Waals surface area (Å²) in [6.45, 7) is 0. The Morgan fingerprint density at radius 3 is 2.68 bits per heavy atom. The molecule has 1 saturated heterocycles. The van der Waals surface area contributed by atoms with Gasteiger partial charge in [-0.3, -0.25) is 9.82 Å². The summed E-state index contributed by atoms with van der Waals surface area (Å²) >= 11 is 0. The quantitative estimate of drug-likeness (QED) is 0.648. The average Bonchev–Trinajstić information content (AvgIpc) is 2.84. The van der Waals surface area contributed by atoms with Crippen molar-refractivity contribution in [3.8, 4) is 0 Å². The van der Waals surface area contributed by atoms with Crippen molar-refractivity contribution < 1.29 is 26.7 Å². The minimum Gasteiger partial charge on any atom is -0.477 e. The first-order valence-electron chi connectivity index (χ1n) is 5.20. The first kappa shape index (κ1) is 13.8. The molecule has 2 heterocycles. The molecule has 1 aromatic rings. The molecule has 0 aromatic carbocycles. The van der Waals surface area contributed by atoms with Crippen LogP contribution < -0.4 is 4.72 Å². The Hall–Kier alpha value is -1.62. The van der Waals surface area contributed by atoms with Crippen LogP contribution in [0.15, 0.2) is 6.07 Å². The van der Waals surface area contributed by atoms with Crippen LogP contribution in [0.1, 0.15) is 16.9 Å². The van der Waals surface area contributed by atoms with Crippen LogP contribution in [0, 0.1) is 0 Å². The highest BCUT2D eigenvalue weighted by molar-refractivity contribution is 7.97. The fraction of sp³-hybridized carbons (Fsp3) is 0.500. The lowest BCUT2D eigenvalue weighted by Crippen LogP contribution is -2.28. The maximum Gasteiger partial charge on any atom is 0.353 e. The van der Waals surface area contributed by atoms with Gasteiger partial charge in [-0.25, -0.2) is 21.6 Å². The summed E-state index contributed by atoms with van der Waals surface area (Å²) in [7, 11) is -7.22. The predicted octanol–water partition coefficient (Wildman–Crippen LogP) is -0.963. The molecule has 19 heavy (non-hydrogen) atoms. The van der Waals surface area contributed by atoms with Gasteiger partial charge in [0.2, 0.25) is 10.0 Å². The van der Waals surface area contributed by atoms with Crippen molar-refractivity contribution in [3.63, 3.8) is 0 Å². The van der Waals surface area contributed by atoms with Crippen molar-refractivity contribution >= 4 is 31.6 Å². The van der Waals surface area contributed by atoms with E-state index in [-0.39, 0.29) is 23.7 Å². The second-order valence-corrected chi connectivity index (χ2v) is 8.33. The van der Waals surface area contributed by atoms with Crippen LogP contribution in [0.5, 0.6) is 0 Å². The Labute approximate surface area is 109 Å². The molecule has 1 fully saturated rings. The molecule has 11 heteroatoms. The number of carboxylic acid groups (broad SMARTS) is 1. The van der Waals surface area contributed by atoms with Gasteiger partial charge in [-0.15, -0.1) is 0 Å². The Morgan fingerprint density at radius 2 is 2.21 bits per heavy atom. The van der Waals surface area contributed by atoms with Gasteiger partial charge in [0, 0.05) is 6.07 Å². The molecule has 3 N–H and O–H groups in total. The smallest absolute Gasteiger partial charge is 0.353 e. The summed E-state index contributed by atoms with van der Waals surface area (Å²) in [4.78, 5) is 10.6. The summed E-state index contributed by atoms with van der Waals surface area (Å²) in [6, 6.07) is 1.02. The lowest BCUT2D eigenvalue weighted by Gasteiger charge is -2.09. The number of carbonyl (C=O) groups is 1. The Balaban J connectivity index is 2.15. The zero-order chi connectivity index (χ0) is 14.3. The average molecular weight is 309 g/mol. The number of nitrogens with zero attached hydrogens (tertiary/aromatic N) is 1. The number of hydrogen-bond donors (Lipinski definition) is 3. The molecule has 0 aliphatic carbocycles. The van der Waals surface area contributed by atoms with E-state index in [1.807, 2.05) is 0 Å². The second kappa shape index (κ2) is 4.49. The van der Waals surface area contributed by atoms with Gasteiger partial charge in [0.05, 0.1) is 16.8 Å². The zero-order valence-electron chi connectivity index (χ0n) is 9.53. The van der Waals surface area contributed by atoms with Gasteiger partial charge in [0.25, 0.3) is 0 Å². The van der Waals surface area contributed by atoms with Gasteiger partial charge in [0.1, 0.15) is 5.69 Å². The van der Waals surface area contributed by atoms with E-state index < -0.39 is 36.8 Å². The number of aromatic nitrogens is 2. The van der Waals surface area contributed by atoms with Gasteiger partial charge in [-0.2, -0.15) is 5.10 Å². The molecule has 0 amide bonds.